The second-order valence-corrected chi connectivity index (χ2v) is 4.24. The monoisotopic (exact) mass is 266 g/mol. The number of hydrogen-bond donors (Lipinski definition) is 1. The van der Waals surface area contributed by atoms with Crippen LogP contribution >= 0.6 is 11.8 Å². The van der Waals surface area contributed by atoms with Gasteiger partial charge in [0.2, 0.25) is 5.89 Å². The van der Waals surface area contributed by atoms with Crippen molar-refractivity contribution in [2.24, 2.45) is 0 Å². The van der Waals surface area contributed by atoms with Crippen molar-refractivity contribution in [1.29, 1.82) is 0 Å². The summed E-state index contributed by atoms with van der Waals surface area (Å²) in [6.45, 7) is 1.68. The highest BCUT2D eigenvalue weighted by Crippen LogP contribution is 2.28. The number of nitrogen functional groups attached to an aromatic ring is 1. The van der Waals surface area contributed by atoms with Crippen LogP contribution in [-0.2, 0) is 4.74 Å². The molecule has 0 aliphatic rings. The zero-order valence-electron chi connectivity index (χ0n) is 9.71. The number of ether oxygens (including phenoxy) is 1. The maximum Gasteiger partial charge on any atom is 0.340 e. The Morgan fingerprint density at radius 1 is 1.50 bits per heavy atom. The molecule has 2 aromatic rings. The number of nitrogens with zero attached hydrogens (tertiary/aromatic N) is 3. The van der Waals surface area contributed by atoms with Crippen molar-refractivity contribution in [3.8, 4) is 0 Å². The molecule has 8 heteroatoms. The summed E-state index contributed by atoms with van der Waals surface area (Å²) in [5, 5.41) is 8.20. The molecule has 18 heavy (non-hydrogen) atoms. The first-order valence-corrected chi connectivity index (χ1v) is 5.73. The fourth-order valence-corrected chi connectivity index (χ4v) is 1.98. The number of hydrogen-bond acceptors (Lipinski definition) is 8. The van der Waals surface area contributed by atoms with Crippen molar-refractivity contribution in [2.75, 3.05) is 12.8 Å². The minimum Gasteiger partial charge on any atom is -0.465 e. The molecule has 7 nitrogen and oxygen atoms in total. The second kappa shape index (κ2) is 5.05. The summed E-state index contributed by atoms with van der Waals surface area (Å²) in [6.07, 6.45) is 1.44. The van der Waals surface area contributed by atoms with E-state index in [9.17, 15) is 4.79 Å². The third-order valence-corrected chi connectivity index (χ3v) is 2.83. The summed E-state index contributed by atoms with van der Waals surface area (Å²) >= 11 is 1.08. The van der Waals surface area contributed by atoms with E-state index < -0.39 is 5.97 Å². The first-order valence-electron chi connectivity index (χ1n) is 4.92. The highest BCUT2D eigenvalue weighted by atomic mass is 32.2. The average Bonchev–Trinajstić information content (AvgIpc) is 2.76. The number of aromatic nitrogens is 3. The summed E-state index contributed by atoms with van der Waals surface area (Å²) < 4.78 is 9.86. The molecule has 0 atom stereocenters. The molecule has 2 N–H and O–H groups in total. The number of methoxy groups -OCH3 is 1. The van der Waals surface area contributed by atoms with Crippen LogP contribution in [0.2, 0.25) is 0 Å². The van der Waals surface area contributed by atoms with Crippen molar-refractivity contribution in [3.05, 3.63) is 23.7 Å². The molecule has 2 aromatic heterocycles. The molecule has 0 aliphatic carbocycles. The minimum atomic E-state index is -0.520. The summed E-state index contributed by atoms with van der Waals surface area (Å²) in [6, 6.07) is 1.49. The SMILES string of the molecule is COC(=O)c1cc(N)cnc1Sc1nnc(C)o1. The van der Waals surface area contributed by atoms with Crippen LogP contribution in [-0.4, -0.2) is 28.3 Å². The molecular formula is C10H10N4O3S. The van der Waals surface area contributed by atoms with E-state index in [0.717, 1.165) is 11.8 Å². The molecule has 0 aromatic carbocycles. The highest BCUT2D eigenvalue weighted by Gasteiger charge is 2.17. The van der Waals surface area contributed by atoms with E-state index in [1.807, 2.05) is 0 Å². The number of aryl methyl sites for hydroxylation is 1. The van der Waals surface area contributed by atoms with Gasteiger partial charge in [0, 0.05) is 6.92 Å². The quantitative estimate of drug-likeness (QED) is 0.829. The molecule has 0 amide bonds. The van der Waals surface area contributed by atoms with Crippen molar-refractivity contribution in [3.63, 3.8) is 0 Å². The Balaban J connectivity index is 2.35. The van der Waals surface area contributed by atoms with E-state index >= 15 is 0 Å². The maximum absolute atomic E-state index is 11.6. The number of pyridine rings is 1. The van der Waals surface area contributed by atoms with Gasteiger partial charge in [-0.25, -0.2) is 9.78 Å². The lowest BCUT2D eigenvalue weighted by molar-refractivity contribution is 0.0596. The maximum atomic E-state index is 11.6. The molecule has 2 heterocycles. The van der Waals surface area contributed by atoms with Gasteiger partial charge in [-0.1, -0.05) is 0 Å². The van der Waals surface area contributed by atoms with E-state index in [1.54, 1.807) is 6.92 Å². The van der Waals surface area contributed by atoms with Gasteiger partial charge in [0.1, 0.15) is 5.03 Å². The fourth-order valence-electron chi connectivity index (χ4n) is 1.21. The average molecular weight is 266 g/mol. The zero-order valence-corrected chi connectivity index (χ0v) is 10.5. The largest absolute Gasteiger partial charge is 0.465 e. The standard InChI is InChI=1S/C10H10N4O3S/c1-5-13-14-10(17-5)18-8-7(9(15)16-2)3-6(11)4-12-8/h3-4H,11H2,1-2H3. The van der Waals surface area contributed by atoms with E-state index in [-0.39, 0.29) is 5.56 Å². The van der Waals surface area contributed by atoms with Gasteiger partial charge in [0.05, 0.1) is 24.6 Å². The van der Waals surface area contributed by atoms with E-state index in [1.165, 1.54) is 19.4 Å². The van der Waals surface area contributed by atoms with E-state index in [0.29, 0.717) is 21.8 Å². The number of esters is 1. The molecule has 0 aliphatic heterocycles. The van der Waals surface area contributed by atoms with Gasteiger partial charge in [-0.15, -0.1) is 10.2 Å². The van der Waals surface area contributed by atoms with Crippen LogP contribution in [0.15, 0.2) is 26.9 Å². The number of rotatable bonds is 3. The van der Waals surface area contributed by atoms with E-state index in [2.05, 4.69) is 19.9 Å². The summed E-state index contributed by atoms with van der Waals surface area (Å²) in [7, 11) is 1.29. The summed E-state index contributed by atoms with van der Waals surface area (Å²) in [5.41, 5.74) is 6.23. The van der Waals surface area contributed by atoms with Crippen molar-refractivity contribution in [2.45, 2.75) is 17.2 Å². The Morgan fingerprint density at radius 3 is 2.89 bits per heavy atom. The second-order valence-electron chi connectivity index (χ2n) is 3.30. The molecule has 0 spiro atoms. The zero-order chi connectivity index (χ0) is 13.1. The molecule has 0 bridgehead atoms. The van der Waals surface area contributed by atoms with Gasteiger partial charge < -0.3 is 14.9 Å². The smallest absolute Gasteiger partial charge is 0.340 e. The van der Waals surface area contributed by atoms with Crippen molar-refractivity contribution < 1.29 is 13.9 Å². The molecule has 0 fully saturated rings. The lowest BCUT2D eigenvalue weighted by atomic mass is 10.3. The number of anilines is 1. The Kier molecular flexibility index (Phi) is 3.47. The first-order chi connectivity index (χ1) is 8.60. The summed E-state index contributed by atoms with van der Waals surface area (Å²) in [4.78, 5) is 15.6. The Morgan fingerprint density at radius 2 is 2.28 bits per heavy atom. The van der Waals surface area contributed by atoms with Gasteiger partial charge in [0.15, 0.2) is 0 Å². The Bertz CT molecular complexity index is 584. The van der Waals surface area contributed by atoms with Gasteiger partial charge >= 0.3 is 5.97 Å². The molecule has 0 saturated heterocycles. The van der Waals surface area contributed by atoms with Crippen LogP contribution in [0.3, 0.4) is 0 Å². The Labute approximate surface area is 107 Å². The first kappa shape index (κ1) is 12.4. The number of nitrogens with two attached hydrogens (primary N) is 1. The normalized spacial score (nSPS) is 10.3. The van der Waals surface area contributed by atoms with Crippen molar-refractivity contribution in [1.82, 2.24) is 15.2 Å². The third kappa shape index (κ3) is 2.59. The van der Waals surface area contributed by atoms with Gasteiger partial charge in [0.25, 0.3) is 5.22 Å². The third-order valence-electron chi connectivity index (χ3n) is 1.97. The molecular weight excluding hydrogens is 256 g/mol. The minimum absolute atomic E-state index is 0.262. The molecule has 0 unspecified atom stereocenters. The molecule has 2 rings (SSSR count). The highest BCUT2D eigenvalue weighted by molar-refractivity contribution is 7.99. The predicted octanol–water partition coefficient (Wildman–Crippen LogP) is 1.29. The lowest BCUT2D eigenvalue weighted by Gasteiger charge is -2.05. The Hall–Kier alpha value is -2.09. The predicted molar refractivity (Wildman–Crippen MR) is 63.1 cm³/mol. The topological polar surface area (TPSA) is 104 Å². The number of carbonyl (C=O) groups is 1. The van der Waals surface area contributed by atoms with Crippen LogP contribution in [0, 0.1) is 6.92 Å². The summed E-state index contributed by atoms with van der Waals surface area (Å²) in [5.74, 6) is -0.0823. The van der Waals surface area contributed by atoms with Gasteiger partial charge in [-0.05, 0) is 17.8 Å². The van der Waals surface area contributed by atoms with E-state index in [4.69, 9.17) is 10.2 Å². The van der Waals surface area contributed by atoms with Crippen molar-refractivity contribution >= 4 is 23.4 Å². The van der Waals surface area contributed by atoms with Crippen LogP contribution < -0.4 is 5.73 Å². The fraction of sp³-hybridized carbons (Fsp3) is 0.200. The van der Waals surface area contributed by atoms with Crippen LogP contribution in [0.1, 0.15) is 16.2 Å². The van der Waals surface area contributed by atoms with Crippen LogP contribution in [0.4, 0.5) is 5.69 Å². The molecule has 0 saturated carbocycles. The van der Waals surface area contributed by atoms with Crippen LogP contribution in [0.25, 0.3) is 0 Å². The molecule has 94 valence electrons. The lowest BCUT2D eigenvalue weighted by Crippen LogP contribution is -2.05. The molecule has 0 radical (unpaired) electrons. The van der Waals surface area contributed by atoms with Crippen LogP contribution in [0.5, 0.6) is 0 Å². The van der Waals surface area contributed by atoms with Gasteiger partial charge in [-0.2, -0.15) is 0 Å². The number of carbonyl (C=O) groups excluding carboxylic acids is 1. The van der Waals surface area contributed by atoms with Gasteiger partial charge in [-0.3, -0.25) is 0 Å².